The van der Waals surface area contributed by atoms with E-state index >= 15 is 0 Å². The lowest BCUT2D eigenvalue weighted by atomic mass is 10.1. The minimum absolute atomic E-state index is 0.469. The van der Waals surface area contributed by atoms with Crippen LogP contribution in [0.5, 0.6) is 0 Å². The normalized spacial score (nSPS) is 11.3. The van der Waals surface area contributed by atoms with E-state index in [1.807, 2.05) is 24.3 Å². The van der Waals surface area contributed by atoms with Crippen molar-refractivity contribution >= 4 is 0 Å². The molecule has 5 nitrogen and oxygen atoms in total. The van der Waals surface area contributed by atoms with Crippen molar-refractivity contribution in [1.29, 1.82) is 0 Å². The van der Waals surface area contributed by atoms with Gasteiger partial charge in [0.2, 0.25) is 0 Å². The molecule has 18 heavy (non-hydrogen) atoms. The monoisotopic (exact) mass is 247 g/mol. The van der Waals surface area contributed by atoms with E-state index in [4.69, 9.17) is 0 Å². The average molecular weight is 247 g/mol. The highest BCUT2D eigenvalue weighted by atomic mass is 15.3. The minimum atomic E-state index is 0.469. The second-order valence-electron chi connectivity index (χ2n) is 4.85. The van der Waals surface area contributed by atoms with Crippen molar-refractivity contribution in [3.05, 3.63) is 36.2 Å². The van der Waals surface area contributed by atoms with Gasteiger partial charge in [0.1, 0.15) is 0 Å². The first-order valence-electron chi connectivity index (χ1n) is 6.35. The minimum Gasteiger partial charge on any atom is -0.336 e. The van der Waals surface area contributed by atoms with Crippen molar-refractivity contribution in [1.82, 2.24) is 24.6 Å². The van der Waals surface area contributed by atoms with Crippen LogP contribution < -0.4 is 5.32 Å². The van der Waals surface area contributed by atoms with Crippen molar-refractivity contribution in [2.24, 2.45) is 7.05 Å². The number of aryl methyl sites for hydroxylation is 1. The Morgan fingerprint density at radius 3 is 2.89 bits per heavy atom. The Hall–Kier alpha value is -1.62. The molecule has 5 heteroatoms. The summed E-state index contributed by atoms with van der Waals surface area (Å²) in [7, 11) is 1.97. The predicted molar refractivity (Wildman–Crippen MR) is 71.2 cm³/mol. The topological polar surface area (TPSA) is 47.7 Å². The van der Waals surface area contributed by atoms with Gasteiger partial charge in [-0.15, -0.1) is 0 Å². The van der Waals surface area contributed by atoms with E-state index in [2.05, 4.69) is 40.0 Å². The van der Waals surface area contributed by atoms with Crippen LogP contribution in [0.25, 0.3) is 0 Å². The van der Waals surface area contributed by atoms with Crippen LogP contribution in [0.1, 0.15) is 31.0 Å². The van der Waals surface area contributed by atoms with Crippen LogP contribution in [0, 0.1) is 0 Å². The molecule has 0 unspecified atom stereocenters. The Labute approximate surface area is 108 Å². The van der Waals surface area contributed by atoms with Gasteiger partial charge in [-0.05, 0) is 5.92 Å². The number of rotatable bonds is 6. The molecular weight excluding hydrogens is 226 g/mol. The fourth-order valence-electron chi connectivity index (χ4n) is 2.03. The Morgan fingerprint density at radius 1 is 1.39 bits per heavy atom. The summed E-state index contributed by atoms with van der Waals surface area (Å²) >= 11 is 0. The highest BCUT2D eigenvalue weighted by Crippen LogP contribution is 2.16. The molecule has 0 saturated carbocycles. The molecule has 0 bridgehead atoms. The summed E-state index contributed by atoms with van der Waals surface area (Å²) in [6, 6.07) is 0. The van der Waals surface area contributed by atoms with Crippen LogP contribution >= 0.6 is 0 Å². The zero-order valence-corrected chi connectivity index (χ0v) is 11.3. The molecule has 0 amide bonds. The quantitative estimate of drug-likeness (QED) is 0.788. The van der Waals surface area contributed by atoms with Crippen molar-refractivity contribution in [2.45, 2.75) is 32.9 Å². The van der Waals surface area contributed by atoms with Gasteiger partial charge in [0.25, 0.3) is 0 Å². The molecule has 0 radical (unpaired) electrons. The third kappa shape index (κ3) is 3.20. The molecule has 0 aromatic carbocycles. The zero-order valence-electron chi connectivity index (χ0n) is 11.3. The van der Waals surface area contributed by atoms with E-state index < -0.39 is 0 Å². The van der Waals surface area contributed by atoms with Gasteiger partial charge in [-0.1, -0.05) is 13.8 Å². The lowest BCUT2D eigenvalue weighted by molar-refractivity contribution is 0.594. The predicted octanol–water partition coefficient (Wildman–Crippen LogP) is 1.53. The second-order valence-corrected chi connectivity index (χ2v) is 4.85. The summed E-state index contributed by atoms with van der Waals surface area (Å²) in [5.41, 5.74) is 2.48. The maximum absolute atomic E-state index is 4.50. The lowest BCUT2D eigenvalue weighted by Crippen LogP contribution is -2.19. The molecule has 0 aliphatic heterocycles. The molecule has 0 atom stereocenters. The van der Waals surface area contributed by atoms with Crippen LogP contribution in [-0.2, 0) is 20.1 Å². The van der Waals surface area contributed by atoms with Gasteiger partial charge in [0.15, 0.2) is 0 Å². The van der Waals surface area contributed by atoms with Crippen LogP contribution in [0.4, 0.5) is 0 Å². The van der Waals surface area contributed by atoms with Gasteiger partial charge in [-0.2, -0.15) is 5.10 Å². The van der Waals surface area contributed by atoms with Crippen LogP contribution in [0.2, 0.25) is 0 Å². The first-order chi connectivity index (χ1) is 8.66. The van der Waals surface area contributed by atoms with E-state index in [0.29, 0.717) is 5.92 Å². The number of nitrogens with zero attached hydrogens (tertiary/aromatic N) is 4. The first-order valence-corrected chi connectivity index (χ1v) is 6.35. The third-order valence-corrected chi connectivity index (χ3v) is 2.91. The van der Waals surface area contributed by atoms with Crippen LogP contribution in [-0.4, -0.2) is 25.9 Å². The van der Waals surface area contributed by atoms with Gasteiger partial charge in [0.05, 0.1) is 12.0 Å². The Morgan fingerprint density at radius 2 is 2.22 bits per heavy atom. The smallest absolute Gasteiger partial charge is 0.0946 e. The van der Waals surface area contributed by atoms with Gasteiger partial charge < -0.3 is 9.88 Å². The summed E-state index contributed by atoms with van der Waals surface area (Å²) in [5, 5.41) is 7.95. The number of hydrogen-bond acceptors (Lipinski definition) is 3. The summed E-state index contributed by atoms with van der Waals surface area (Å²) in [6.45, 7) is 7.10. The molecule has 98 valence electrons. The Balaban J connectivity index is 1.83. The summed E-state index contributed by atoms with van der Waals surface area (Å²) in [5.74, 6) is 0.469. The standard InChI is InChI=1S/C13H21N5/c1-11(2)13-12(9-17(3)16-13)8-14-4-6-18-7-5-15-10-18/h5,7,9-11,14H,4,6,8H2,1-3H3. The molecular formula is C13H21N5. The average Bonchev–Trinajstić information content (AvgIpc) is 2.93. The summed E-state index contributed by atoms with van der Waals surface area (Å²) < 4.78 is 3.96. The van der Waals surface area contributed by atoms with Crippen molar-refractivity contribution in [3.63, 3.8) is 0 Å². The molecule has 2 aromatic rings. The SMILES string of the molecule is CC(C)c1nn(C)cc1CNCCn1ccnc1. The number of nitrogens with one attached hydrogen (secondary N) is 1. The highest BCUT2D eigenvalue weighted by molar-refractivity contribution is 5.19. The molecule has 0 spiro atoms. The molecule has 0 aliphatic rings. The van der Waals surface area contributed by atoms with Crippen molar-refractivity contribution < 1.29 is 0 Å². The molecule has 0 fully saturated rings. The number of aromatic nitrogens is 4. The van der Waals surface area contributed by atoms with E-state index in [1.54, 1.807) is 6.20 Å². The number of hydrogen-bond donors (Lipinski definition) is 1. The summed E-state index contributed by atoms with van der Waals surface area (Å²) in [4.78, 5) is 4.02. The zero-order chi connectivity index (χ0) is 13.0. The molecule has 0 aliphatic carbocycles. The van der Waals surface area contributed by atoms with Gasteiger partial charge in [-0.3, -0.25) is 4.68 Å². The highest BCUT2D eigenvalue weighted by Gasteiger charge is 2.10. The van der Waals surface area contributed by atoms with Crippen LogP contribution in [0.15, 0.2) is 24.9 Å². The maximum atomic E-state index is 4.50. The maximum Gasteiger partial charge on any atom is 0.0946 e. The first kappa shape index (κ1) is 12.8. The van der Waals surface area contributed by atoms with E-state index in [0.717, 1.165) is 19.6 Å². The Bertz CT molecular complexity index is 470. The molecule has 2 heterocycles. The molecule has 1 N–H and O–H groups in total. The fraction of sp³-hybridized carbons (Fsp3) is 0.538. The van der Waals surface area contributed by atoms with E-state index in [9.17, 15) is 0 Å². The molecule has 2 rings (SSSR count). The lowest BCUT2D eigenvalue weighted by Gasteiger charge is -2.07. The van der Waals surface area contributed by atoms with Crippen molar-refractivity contribution in [2.75, 3.05) is 6.54 Å². The summed E-state index contributed by atoms with van der Waals surface area (Å²) in [6.07, 6.45) is 7.72. The number of imidazole rings is 1. The van der Waals surface area contributed by atoms with E-state index in [-0.39, 0.29) is 0 Å². The Kier molecular flexibility index (Phi) is 4.15. The van der Waals surface area contributed by atoms with Gasteiger partial charge in [0, 0.05) is 50.8 Å². The second kappa shape index (κ2) is 5.82. The van der Waals surface area contributed by atoms with Crippen LogP contribution in [0.3, 0.4) is 0 Å². The van der Waals surface area contributed by atoms with Gasteiger partial charge >= 0.3 is 0 Å². The van der Waals surface area contributed by atoms with E-state index in [1.165, 1.54) is 11.3 Å². The largest absolute Gasteiger partial charge is 0.336 e. The van der Waals surface area contributed by atoms with Gasteiger partial charge in [-0.25, -0.2) is 4.98 Å². The molecule has 0 saturated heterocycles. The molecule has 2 aromatic heterocycles. The van der Waals surface area contributed by atoms with Crippen molar-refractivity contribution in [3.8, 4) is 0 Å². The third-order valence-electron chi connectivity index (χ3n) is 2.91. The fourth-order valence-corrected chi connectivity index (χ4v) is 2.03.